The van der Waals surface area contributed by atoms with Crippen molar-refractivity contribution < 1.29 is 22.3 Å². The van der Waals surface area contributed by atoms with Gasteiger partial charge in [-0.1, -0.05) is 93.6 Å². The van der Waals surface area contributed by atoms with Crippen LogP contribution in [0.1, 0.15) is 33.3 Å². The van der Waals surface area contributed by atoms with Crippen LogP contribution in [0.4, 0.5) is 13.2 Å². The Morgan fingerprint density at radius 3 is 1.68 bits per heavy atom. The van der Waals surface area contributed by atoms with Crippen LogP contribution in [-0.2, 0) is 10.3 Å². The summed E-state index contributed by atoms with van der Waals surface area (Å²) in [7, 11) is -3.05. The molecule has 1 aliphatic rings. The van der Waals surface area contributed by atoms with Crippen LogP contribution in [0.3, 0.4) is 0 Å². The largest absolute Gasteiger partial charge is 0.534 e. The molecule has 0 fully saturated rings. The van der Waals surface area contributed by atoms with Crippen LogP contribution < -0.4 is 14.8 Å². The van der Waals surface area contributed by atoms with Gasteiger partial charge in [0.1, 0.15) is 24.0 Å². The molecule has 0 saturated carbocycles. The van der Waals surface area contributed by atoms with E-state index in [-0.39, 0.29) is 10.6 Å². The molecule has 206 valence electrons. The third kappa shape index (κ3) is 4.67. The number of halogens is 3. The normalized spacial score (nSPS) is 17.2. The Balaban J connectivity index is 1.89. The highest BCUT2D eigenvalue weighted by atomic mass is 28.4. The van der Waals surface area contributed by atoms with Gasteiger partial charge in [0.05, 0.1) is 5.57 Å². The van der Waals surface area contributed by atoms with Crippen LogP contribution >= 0.6 is 0 Å². The smallest absolute Gasteiger partial charge is 0.436 e. The number of nitrogens with zero attached hydrogens (tertiary/aromatic N) is 3. The number of hydrogen-bond donors (Lipinski definition) is 0. The van der Waals surface area contributed by atoms with Gasteiger partial charge >= 0.3 is 14.5 Å². The number of hydrogen-bond acceptors (Lipinski definition) is 5. The van der Waals surface area contributed by atoms with Crippen LogP contribution in [0.2, 0.25) is 5.04 Å². The van der Waals surface area contributed by atoms with Gasteiger partial charge in [-0.05, 0) is 34.5 Å². The number of alkyl halides is 3. The summed E-state index contributed by atoms with van der Waals surface area (Å²) in [6.07, 6.45) is -5.02. The monoisotopic (exact) mass is 569 g/mol. The van der Waals surface area contributed by atoms with Gasteiger partial charge in [-0.3, -0.25) is 0 Å². The van der Waals surface area contributed by atoms with E-state index in [9.17, 15) is 29.0 Å². The van der Waals surface area contributed by atoms with Crippen molar-refractivity contribution in [3.05, 3.63) is 113 Å². The lowest BCUT2D eigenvalue weighted by Gasteiger charge is -2.43. The van der Waals surface area contributed by atoms with Crippen molar-refractivity contribution >= 4 is 18.7 Å². The van der Waals surface area contributed by atoms with E-state index in [1.165, 1.54) is 36.4 Å². The molecule has 0 amide bonds. The summed E-state index contributed by atoms with van der Waals surface area (Å²) in [5.41, 5.74) is -5.02. The predicted octanol–water partition coefficient (Wildman–Crippen LogP) is 6.55. The molecule has 0 bridgehead atoms. The highest BCUT2D eigenvalue weighted by Gasteiger charge is 2.64. The van der Waals surface area contributed by atoms with E-state index in [1.54, 1.807) is 6.07 Å². The molecular formula is C32H26F3N3O2Si. The van der Waals surface area contributed by atoms with Gasteiger partial charge < -0.3 is 9.16 Å². The fourth-order valence-electron chi connectivity index (χ4n) is 5.36. The molecule has 0 aromatic heterocycles. The van der Waals surface area contributed by atoms with E-state index in [1.807, 2.05) is 60.7 Å². The fraction of sp³-hybridized carbons (Fsp3) is 0.219. The van der Waals surface area contributed by atoms with Gasteiger partial charge in [-0.15, -0.1) is 0 Å². The number of nitriles is 3. The first-order chi connectivity index (χ1) is 19.4. The Morgan fingerprint density at radius 1 is 0.805 bits per heavy atom. The Bertz CT molecular complexity index is 1580. The molecular weight excluding hydrogens is 543 g/mol. The molecule has 4 rings (SSSR count). The van der Waals surface area contributed by atoms with Crippen molar-refractivity contribution in [1.29, 1.82) is 15.8 Å². The molecule has 0 spiro atoms. The van der Waals surface area contributed by atoms with Gasteiger partial charge in [0.15, 0.2) is 11.3 Å². The topological polar surface area (TPSA) is 89.8 Å². The van der Waals surface area contributed by atoms with Gasteiger partial charge in [-0.2, -0.15) is 29.0 Å². The van der Waals surface area contributed by atoms with Crippen molar-refractivity contribution in [2.45, 2.75) is 44.5 Å². The quantitative estimate of drug-likeness (QED) is 0.257. The first-order valence-electron chi connectivity index (χ1n) is 12.7. The molecule has 1 aliphatic heterocycles. The molecule has 0 aliphatic carbocycles. The zero-order chi connectivity index (χ0) is 30.1. The molecule has 5 nitrogen and oxygen atoms in total. The third-order valence-corrected chi connectivity index (χ3v) is 12.2. The Kier molecular flexibility index (Phi) is 7.59. The minimum Gasteiger partial charge on any atom is -0.534 e. The maximum absolute atomic E-state index is 14.8. The average molecular weight is 570 g/mol. The molecule has 3 aromatic carbocycles. The second-order valence-corrected chi connectivity index (χ2v) is 14.8. The molecule has 0 saturated heterocycles. The highest BCUT2D eigenvalue weighted by Crippen LogP contribution is 2.55. The van der Waals surface area contributed by atoms with Gasteiger partial charge in [0.25, 0.3) is 5.60 Å². The summed E-state index contributed by atoms with van der Waals surface area (Å²) in [5.74, 6) is -0.314. The van der Waals surface area contributed by atoms with Crippen LogP contribution in [0.25, 0.3) is 0 Å². The minimum atomic E-state index is -5.02. The van der Waals surface area contributed by atoms with Crippen LogP contribution in [0.15, 0.2) is 107 Å². The van der Waals surface area contributed by atoms with Crippen molar-refractivity contribution in [2.24, 2.45) is 0 Å². The maximum Gasteiger partial charge on any atom is 0.436 e. The summed E-state index contributed by atoms with van der Waals surface area (Å²) < 4.78 is 56.7. The lowest BCUT2D eigenvalue weighted by molar-refractivity contribution is -0.250. The van der Waals surface area contributed by atoms with E-state index >= 15 is 0 Å². The lowest BCUT2D eigenvalue weighted by atomic mass is 9.85. The molecule has 9 heteroatoms. The van der Waals surface area contributed by atoms with Crippen molar-refractivity contribution in [1.82, 2.24) is 0 Å². The Labute approximate surface area is 238 Å². The SMILES string of the molecule is CC1=C(C#N)C(=C(C#N)C#N)OC1(c1ccc(O[Si](c2ccccc2)(c2ccccc2)C(C)(C)C)cc1)C(F)(F)F. The molecule has 41 heavy (non-hydrogen) atoms. The molecule has 0 radical (unpaired) electrons. The van der Waals surface area contributed by atoms with Gasteiger partial charge in [0.2, 0.25) is 0 Å². The van der Waals surface area contributed by atoms with E-state index in [2.05, 4.69) is 20.8 Å². The number of ether oxygens (including phenoxy) is 1. The van der Waals surface area contributed by atoms with Crippen molar-refractivity contribution in [3.8, 4) is 24.0 Å². The zero-order valence-electron chi connectivity index (χ0n) is 22.9. The first-order valence-corrected chi connectivity index (χ1v) is 14.6. The average Bonchev–Trinajstić information content (AvgIpc) is 3.26. The molecule has 1 atom stereocenters. The number of allylic oxidation sites excluding steroid dienone is 2. The second kappa shape index (κ2) is 10.7. The number of rotatable bonds is 5. The van der Waals surface area contributed by atoms with Crippen LogP contribution in [-0.4, -0.2) is 14.5 Å². The first kappa shape index (κ1) is 29.2. The standard InChI is InChI=1S/C32H26F3N3O2Si/c1-22-28(21-38)29(23(19-36)20-37)39-31(22,32(33,34)35)24-15-17-25(18-16-24)40-41(30(2,3)4,26-11-7-5-8-12-26)27-13-9-6-10-14-27/h5-18H,1-4H3. The maximum atomic E-state index is 14.8. The van der Waals surface area contributed by atoms with Gasteiger partial charge in [0, 0.05) is 11.1 Å². The highest BCUT2D eigenvalue weighted by molar-refractivity contribution is 7.00. The summed E-state index contributed by atoms with van der Waals surface area (Å²) in [4.78, 5) is 0. The van der Waals surface area contributed by atoms with Crippen LogP contribution in [0, 0.1) is 34.0 Å². The van der Waals surface area contributed by atoms with Crippen LogP contribution in [0.5, 0.6) is 5.75 Å². The summed E-state index contributed by atoms with van der Waals surface area (Å²) in [6.45, 7) is 7.39. The second-order valence-electron chi connectivity index (χ2n) is 10.6. The van der Waals surface area contributed by atoms with Gasteiger partial charge in [-0.25, -0.2) is 0 Å². The number of benzene rings is 3. The lowest BCUT2D eigenvalue weighted by Crippen LogP contribution is -2.68. The van der Waals surface area contributed by atoms with E-state index in [0.717, 1.165) is 17.3 Å². The summed E-state index contributed by atoms with van der Waals surface area (Å²) >= 11 is 0. The van der Waals surface area contributed by atoms with E-state index in [4.69, 9.17) is 9.16 Å². The molecule has 3 aromatic rings. The van der Waals surface area contributed by atoms with Crippen molar-refractivity contribution in [3.63, 3.8) is 0 Å². The van der Waals surface area contributed by atoms with E-state index in [0.29, 0.717) is 5.75 Å². The predicted molar refractivity (Wildman–Crippen MR) is 150 cm³/mol. The van der Waals surface area contributed by atoms with E-state index < -0.39 is 42.6 Å². The molecule has 1 heterocycles. The third-order valence-electron chi connectivity index (χ3n) is 7.30. The molecule has 0 N–H and O–H groups in total. The summed E-state index contributed by atoms with van der Waals surface area (Å²) in [5, 5.41) is 29.8. The Hall–Kier alpha value is -4.78. The van der Waals surface area contributed by atoms with Crippen molar-refractivity contribution in [2.75, 3.05) is 0 Å². The zero-order valence-corrected chi connectivity index (χ0v) is 23.9. The summed E-state index contributed by atoms with van der Waals surface area (Å²) in [6, 6.07) is 29.8. The minimum absolute atomic E-state index is 0.310. The fourth-order valence-corrected chi connectivity index (χ4v) is 9.78. The Morgan fingerprint density at radius 2 is 1.29 bits per heavy atom. The molecule has 1 unspecified atom stereocenters.